The predicted octanol–water partition coefficient (Wildman–Crippen LogP) is 4.60. The zero-order chi connectivity index (χ0) is 16.9. The second-order valence-electron chi connectivity index (χ2n) is 5.36. The van der Waals surface area contributed by atoms with Gasteiger partial charge in [-0.1, -0.05) is 46.3 Å². The highest BCUT2D eigenvalue weighted by atomic mass is 79.9. The van der Waals surface area contributed by atoms with E-state index in [1.165, 1.54) is 0 Å². The minimum atomic E-state index is -0.196. The van der Waals surface area contributed by atoms with Gasteiger partial charge in [-0.2, -0.15) is 0 Å². The van der Waals surface area contributed by atoms with Crippen LogP contribution in [0.25, 0.3) is 10.9 Å². The molecule has 2 aromatic carbocycles. The molecule has 5 heteroatoms. The summed E-state index contributed by atoms with van der Waals surface area (Å²) in [5.74, 6) is -0.243. The number of Topliss-reactive ketones (excluding diaryl/α,β-unsaturated/α-hetero) is 1. The van der Waals surface area contributed by atoms with Crippen LogP contribution in [0.15, 0.2) is 65.3 Å². The quantitative estimate of drug-likeness (QED) is 0.656. The maximum atomic E-state index is 12.1. The number of rotatable bonds is 5. The Bertz CT molecular complexity index is 886. The number of ketones is 1. The van der Waals surface area contributed by atoms with Gasteiger partial charge < -0.3 is 5.32 Å². The summed E-state index contributed by atoms with van der Waals surface area (Å²) in [7, 11) is 0. The molecule has 1 aromatic heterocycles. The standard InChI is InChI=1S/C19H15BrN2O2/c20-15-8-6-13(7-9-15)17(23)10-11-18(24)22-16-5-1-3-14-4-2-12-21-19(14)16/h1-9,12H,10-11H2,(H,22,24). The Morgan fingerprint density at radius 2 is 1.71 bits per heavy atom. The Labute approximate surface area is 148 Å². The maximum Gasteiger partial charge on any atom is 0.224 e. The van der Waals surface area contributed by atoms with Crippen molar-refractivity contribution in [2.24, 2.45) is 0 Å². The summed E-state index contributed by atoms with van der Waals surface area (Å²) in [6, 6.07) is 16.5. The molecular weight excluding hydrogens is 368 g/mol. The van der Waals surface area contributed by atoms with Crippen molar-refractivity contribution in [2.75, 3.05) is 5.32 Å². The topological polar surface area (TPSA) is 59.1 Å². The fourth-order valence-corrected chi connectivity index (χ4v) is 2.69. The lowest BCUT2D eigenvalue weighted by molar-refractivity contribution is -0.116. The van der Waals surface area contributed by atoms with Crippen LogP contribution < -0.4 is 5.32 Å². The maximum absolute atomic E-state index is 12.1. The van der Waals surface area contributed by atoms with E-state index in [1.807, 2.05) is 42.5 Å². The summed E-state index contributed by atoms with van der Waals surface area (Å²) in [5, 5.41) is 3.80. The lowest BCUT2D eigenvalue weighted by Gasteiger charge is -2.08. The Hall–Kier alpha value is -2.53. The van der Waals surface area contributed by atoms with Crippen LogP contribution in [-0.2, 0) is 4.79 Å². The SMILES string of the molecule is O=C(CCC(=O)c1ccc(Br)cc1)Nc1cccc2cccnc12. The van der Waals surface area contributed by atoms with Crippen molar-refractivity contribution in [3.63, 3.8) is 0 Å². The predicted molar refractivity (Wildman–Crippen MR) is 98.1 cm³/mol. The van der Waals surface area contributed by atoms with Gasteiger partial charge >= 0.3 is 0 Å². The molecule has 0 atom stereocenters. The number of anilines is 1. The number of carbonyl (C=O) groups is 2. The van der Waals surface area contributed by atoms with E-state index in [0.717, 1.165) is 15.4 Å². The van der Waals surface area contributed by atoms with E-state index in [0.29, 0.717) is 11.3 Å². The van der Waals surface area contributed by atoms with Crippen LogP contribution in [0, 0.1) is 0 Å². The smallest absolute Gasteiger partial charge is 0.224 e. The van der Waals surface area contributed by atoms with Crippen molar-refractivity contribution in [3.05, 3.63) is 70.8 Å². The van der Waals surface area contributed by atoms with Gasteiger partial charge in [0.1, 0.15) is 0 Å². The third-order valence-corrected chi connectivity index (χ3v) is 4.18. The van der Waals surface area contributed by atoms with Crippen molar-refractivity contribution in [3.8, 4) is 0 Å². The number of nitrogens with zero attached hydrogens (tertiary/aromatic N) is 1. The molecule has 0 aliphatic heterocycles. The van der Waals surface area contributed by atoms with E-state index >= 15 is 0 Å². The molecule has 0 radical (unpaired) electrons. The first-order valence-corrected chi connectivity index (χ1v) is 8.35. The first-order chi connectivity index (χ1) is 11.6. The lowest BCUT2D eigenvalue weighted by Crippen LogP contribution is -2.14. The monoisotopic (exact) mass is 382 g/mol. The van der Waals surface area contributed by atoms with Crippen molar-refractivity contribution >= 4 is 44.2 Å². The zero-order valence-corrected chi connectivity index (χ0v) is 14.4. The van der Waals surface area contributed by atoms with Crippen LogP contribution in [0.1, 0.15) is 23.2 Å². The van der Waals surface area contributed by atoms with Crippen LogP contribution in [0.5, 0.6) is 0 Å². The van der Waals surface area contributed by atoms with Gasteiger partial charge in [-0.25, -0.2) is 0 Å². The Morgan fingerprint density at radius 1 is 0.958 bits per heavy atom. The number of fused-ring (bicyclic) bond motifs is 1. The average molecular weight is 383 g/mol. The summed E-state index contributed by atoms with van der Waals surface area (Å²) in [5.41, 5.74) is 2.01. The van der Waals surface area contributed by atoms with Crippen molar-refractivity contribution < 1.29 is 9.59 Å². The summed E-state index contributed by atoms with van der Waals surface area (Å²) in [6.45, 7) is 0. The van der Waals surface area contributed by atoms with Gasteiger partial charge in [0.25, 0.3) is 0 Å². The molecule has 0 aliphatic rings. The number of aromatic nitrogens is 1. The minimum absolute atomic E-state index is 0.0475. The molecule has 0 fully saturated rings. The lowest BCUT2D eigenvalue weighted by atomic mass is 10.1. The van der Waals surface area contributed by atoms with E-state index in [1.54, 1.807) is 18.3 Å². The minimum Gasteiger partial charge on any atom is -0.324 e. The molecule has 1 amide bonds. The highest BCUT2D eigenvalue weighted by Crippen LogP contribution is 2.21. The van der Waals surface area contributed by atoms with Gasteiger partial charge in [-0.3, -0.25) is 14.6 Å². The van der Waals surface area contributed by atoms with Crippen molar-refractivity contribution in [2.45, 2.75) is 12.8 Å². The van der Waals surface area contributed by atoms with Crippen LogP contribution in [0.4, 0.5) is 5.69 Å². The fourth-order valence-electron chi connectivity index (χ4n) is 2.42. The number of carbonyl (C=O) groups excluding carboxylic acids is 2. The summed E-state index contributed by atoms with van der Waals surface area (Å²) >= 11 is 3.33. The average Bonchev–Trinajstić information content (AvgIpc) is 2.61. The van der Waals surface area contributed by atoms with E-state index in [4.69, 9.17) is 0 Å². The molecule has 1 heterocycles. The molecule has 1 N–H and O–H groups in total. The number of amides is 1. The van der Waals surface area contributed by atoms with Gasteiger partial charge in [0, 0.05) is 34.5 Å². The molecule has 120 valence electrons. The highest BCUT2D eigenvalue weighted by molar-refractivity contribution is 9.10. The van der Waals surface area contributed by atoms with E-state index < -0.39 is 0 Å². The van der Waals surface area contributed by atoms with Crippen molar-refractivity contribution in [1.82, 2.24) is 4.98 Å². The first-order valence-electron chi connectivity index (χ1n) is 7.56. The van der Waals surface area contributed by atoms with Gasteiger partial charge in [-0.05, 0) is 24.3 Å². The van der Waals surface area contributed by atoms with Crippen LogP contribution in [0.2, 0.25) is 0 Å². The number of pyridine rings is 1. The molecule has 3 aromatic rings. The fraction of sp³-hybridized carbons (Fsp3) is 0.105. The number of nitrogens with one attached hydrogen (secondary N) is 1. The highest BCUT2D eigenvalue weighted by Gasteiger charge is 2.11. The summed E-state index contributed by atoms with van der Waals surface area (Å²) < 4.78 is 0.917. The molecule has 0 aliphatic carbocycles. The number of hydrogen-bond donors (Lipinski definition) is 1. The Balaban J connectivity index is 1.63. The molecule has 4 nitrogen and oxygen atoms in total. The van der Waals surface area contributed by atoms with Gasteiger partial charge in [0.2, 0.25) is 5.91 Å². The molecular formula is C19H15BrN2O2. The number of hydrogen-bond acceptors (Lipinski definition) is 3. The molecule has 24 heavy (non-hydrogen) atoms. The van der Waals surface area contributed by atoms with Crippen LogP contribution >= 0.6 is 15.9 Å². The van der Waals surface area contributed by atoms with Crippen LogP contribution in [0.3, 0.4) is 0 Å². The zero-order valence-electron chi connectivity index (χ0n) is 12.8. The van der Waals surface area contributed by atoms with E-state index in [9.17, 15) is 9.59 Å². The van der Waals surface area contributed by atoms with E-state index in [2.05, 4.69) is 26.2 Å². The first kappa shape index (κ1) is 16.3. The second-order valence-corrected chi connectivity index (χ2v) is 6.27. The van der Waals surface area contributed by atoms with Gasteiger partial charge in [-0.15, -0.1) is 0 Å². The number of halogens is 1. The number of benzene rings is 2. The van der Waals surface area contributed by atoms with Crippen molar-refractivity contribution in [1.29, 1.82) is 0 Å². The summed E-state index contributed by atoms with van der Waals surface area (Å²) in [4.78, 5) is 28.6. The van der Waals surface area contributed by atoms with Crippen LogP contribution in [-0.4, -0.2) is 16.7 Å². The normalized spacial score (nSPS) is 10.5. The molecule has 0 saturated carbocycles. The molecule has 0 bridgehead atoms. The van der Waals surface area contributed by atoms with Gasteiger partial charge in [0.15, 0.2) is 5.78 Å². The second kappa shape index (κ2) is 7.36. The Kier molecular flexibility index (Phi) is 5.01. The van der Waals surface area contributed by atoms with E-state index in [-0.39, 0.29) is 24.5 Å². The molecule has 0 unspecified atom stereocenters. The molecule has 3 rings (SSSR count). The summed E-state index contributed by atoms with van der Waals surface area (Å²) in [6.07, 6.45) is 2.00. The molecule has 0 spiro atoms. The third-order valence-electron chi connectivity index (χ3n) is 3.65. The molecule has 0 saturated heterocycles. The Morgan fingerprint density at radius 3 is 2.50 bits per heavy atom. The van der Waals surface area contributed by atoms with Gasteiger partial charge in [0.05, 0.1) is 11.2 Å². The third kappa shape index (κ3) is 3.86. The number of para-hydroxylation sites is 1. The largest absolute Gasteiger partial charge is 0.324 e.